The van der Waals surface area contributed by atoms with Crippen LogP contribution in [-0.2, 0) is 14.2 Å². The summed E-state index contributed by atoms with van der Waals surface area (Å²) in [6, 6.07) is 14.9. The molecule has 0 saturated heterocycles. The van der Waals surface area contributed by atoms with E-state index in [1.807, 2.05) is 13.8 Å². The first-order chi connectivity index (χ1) is 15.2. The van der Waals surface area contributed by atoms with Crippen LogP contribution in [0.1, 0.15) is 83.8 Å². The van der Waals surface area contributed by atoms with Gasteiger partial charge in [0, 0.05) is 13.2 Å². The maximum atomic E-state index is 13.2. The molecule has 0 bridgehead atoms. The minimum atomic E-state index is -0.652. The second-order valence-electron chi connectivity index (χ2n) is 7.86. The lowest BCUT2D eigenvalue weighted by Gasteiger charge is -2.25. The van der Waals surface area contributed by atoms with Gasteiger partial charge >= 0.3 is 0 Å². The Morgan fingerprint density at radius 1 is 0.677 bits per heavy atom. The number of hydrogen-bond acceptors (Lipinski definition) is 3. The largest absolute Gasteiger partial charge is 0.330 e. The number of halogens is 1. The van der Waals surface area contributed by atoms with Gasteiger partial charge in [0.25, 0.3) is 6.48 Å². The van der Waals surface area contributed by atoms with Crippen LogP contribution in [0.5, 0.6) is 0 Å². The smallest absolute Gasteiger partial charge is 0.272 e. The zero-order valence-electron chi connectivity index (χ0n) is 19.4. The summed E-state index contributed by atoms with van der Waals surface area (Å²) in [4.78, 5) is 0. The molecule has 0 aromatic heterocycles. The Labute approximate surface area is 187 Å². The summed E-state index contributed by atoms with van der Waals surface area (Å²) in [5.41, 5.74) is 3.17. The van der Waals surface area contributed by atoms with E-state index in [4.69, 9.17) is 14.2 Å². The Morgan fingerprint density at radius 2 is 1.19 bits per heavy atom. The van der Waals surface area contributed by atoms with Gasteiger partial charge in [0.1, 0.15) is 5.82 Å². The summed E-state index contributed by atoms with van der Waals surface area (Å²) in [5.74, 6) is -0.221. The average molecular weight is 431 g/mol. The fourth-order valence-corrected chi connectivity index (χ4v) is 3.67. The molecule has 1 unspecified atom stereocenters. The van der Waals surface area contributed by atoms with Gasteiger partial charge in [0.05, 0.1) is 6.10 Å². The van der Waals surface area contributed by atoms with Gasteiger partial charge in [0.15, 0.2) is 0 Å². The van der Waals surface area contributed by atoms with Crippen LogP contribution in [0.4, 0.5) is 4.39 Å². The van der Waals surface area contributed by atoms with E-state index >= 15 is 0 Å². The van der Waals surface area contributed by atoms with Crippen LogP contribution < -0.4 is 0 Å². The Bertz CT molecular complexity index is 693. The predicted octanol–water partition coefficient (Wildman–Crippen LogP) is 8.05. The van der Waals surface area contributed by atoms with Gasteiger partial charge in [-0.25, -0.2) is 4.39 Å². The number of hydrogen-bond donors (Lipinski definition) is 0. The molecule has 0 radical (unpaired) electrons. The summed E-state index contributed by atoms with van der Waals surface area (Å²) >= 11 is 0. The molecule has 0 saturated carbocycles. The maximum Gasteiger partial charge on any atom is 0.272 e. The van der Waals surface area contributed by atoms with Gasteiger partial charge < -0.3 is 14.2 Å². The van der Waals surface area contributed by atoms with Crippen LogP contribution in [0, 0.1) is 5.82 Å². The normalized spacial score (nSPS) is 12.4. The predicted molar refractivity (Wildman–Crippen MR) is 125 cm³/mol. The highest BCUT2D eigenvalue weighted by atomic mass is 19.1. The van der Waals surface area contributed by atoms with E-state index in [0.29, 0.717) is 13.2 Å². The lowest BCUT2D eigenvalue weighted by molar-refractivity contribution is -0.304. The Kier molecular flexibility index (Phi) is 12.4. The van der Waals surface area contributed by atoms with Crippen molar-refractivity contribution in [2.24, 2.45) is 0 Å². The molecule has 2 rings (SSSR count). The molecule has 2 aromatic rings. The molecule has 3 nitrogen and oxygen atoms in total. The highest BCUT2D eigenvalue weighted by molar-refractivity contribution is 5.63. The Morgan fingerprint density at radius 3 is 1.74 bits per heavy atom. The molecule has 2 aromatic carbocycles. The molecule has 4 heteroatoms. The van der Waals surface area contributed by atoms with Crippen LogP contribution in [0.15, 0.2) is 48.5 Å². The van der Waals surface area contributed by atoms with Crippen LogP contribution in [0.2, 0.25) is 0 Å². The molecule has 1 atom stereocenters. The number of benzene rings is 2. The minimum absolute atomic E-state index is 0.0824. The average Bonchev–Trinajstić information content (AvgIpc) is 2.78. The quantitative estimate of drug-likeness (QED) is 0.199. The van der Waals surface area contributed by atoms with E-state index in [1.165, 1.54) is 50.7 Å². The maximum absolute atomic E-state index is 13.2. The van der Waals surface area contributed by atoms with Crippen molar-refractivity contribution in [2.45, 2.75) is 84.7 Å². The van der Waals surface area contributed by atoms with Gasteiger partial charge in [-0.3, -0.25) is 0 Å². The lowest BCUT2D eigenvalue weighted by Crippen LogP contribution is -2.24. The second kappa shape index (κ2) is 15.1. The minimum Gasteiger partial charge on any atom is -0.330 e. The fourth-order valence-electron chi connectivity index (χ4n) is 3.67. The van der Waals surface area contributed by atoms with E-state index in [9.17, 15) is 4.39 Å². The van der Waals surface area contributed by atoms with Crippen LogP contribution >= 0.6 is 0 Å². The van der Waals surface area contributed by atoms with Crippen molar-refractivity contribution in [1.29, 1.82) is 0 Å². The number of rotatable bonds is 16. The third-order valence-electron chi connectivity index (χ3n) is 5.41. The summed E-state index contributed by atoms with van der Waals surface area (Å²) < 4.78 is 30.7. The van der Waals surface area contributed by atoms with Gasteiger partial charge in [-0.15, -0.1) is 0 Å². The summed E-state index contributed by atoms with van der Waals surface area (Å²) in [5, 5.41) is 0. The van der Waals surface area contributed by atoms with Crippen LogP contribution in [0.3, 0.4) is 0 Å². The van der Waals surface area contributed by atoms with E-state index in [1.54, 1.807) is 12.1 Å². The molecular weight excluding hydrogens is 391 g/mol. The fraction of sp³-hybridized carbons (Fsp3) is 0.556. The molecule has 0 heterocycles. The molecule has 0 fully saturated rings. The van der Waals surface area contributed by atoms with Gasteiger partial charge in [-0.2, -0.15) is 0 Å². The monoisotopic (exact) mass is 430 g/mol. The first-order valence-electron chi connectivity index (χ1n) is 11.9. The SMILES string of the molecule is CCCCCCCCCC(OC(OCC)OCC)c1ccc(-c2ccc(F)cc2)cc1. The zero-order chi connectivity index (χ0) is 22.3. The van der Waals surface area contributed by atoms with Crippen molar-refractivity contribution >= 4 is 0 Å². The molecule has 0 amide bonds. The van der Waals surface area contributed by atoms with Gasteiger partial charge in [-0.1, -0.05) is 88.3 Å². The Balaban J connectivity index is 2.02. The molecule has 31 heavy (non-hydrogen) atoms. The Hall–Kier alpha value is -1.75. The molecule has 0 aliphatic rings. The molecule has 0 N–H and O–H groups in total. The van der Waals surface area contributed by atoms with Crippen molar-refractivity contribution in [3.63, 3.8) is 0 Å². The van der Waals surface area contributed by atoms with Crippen molar-refractivity contribution in [2.75, 3.05) is 13.2 Å². The third kappa shape index (κ3) is 9.51. The highest BCUT2D eigenvalue weighted by Gasteiger charge is 2.19. The zero-order valence-corrected chi connectivity index (χ0v) is 19.4. The second-order valence-corrected chi connectivity index (χ2v) is 7.86. The van der Waals surface area contributed by atoms with Crippen molar-refractivity contribution in [3.05, 3.63) is 59.9 Å². The van der Waals surface area contributed by atoms with Crippen molar-refractivity contribution < 1.29 is 18.6 Å². The molecule has 0 aliphatic heterocycles. The topological polar surface area (TPSA) is 27.7 Å². The highest BCUT2D eigenvalue weighted by Crippen LogP contribution is 2.29. The lowest BCUT2D eigenvalue weighted by atomic mass is 9.98. The van der Waals surface area contributed by atoms with Crippen molar-refractivity contribution in [3.8, 4) is 11.1 Å². The van der Waals surface area contributed by atoms with E-state index < -0.39 is 6.48 Å². The van der Waals surface area contributed by atoms with Gasteiger partial charge in [-0.05, 0) is 49.1 Å². The standard InChI is InChI=1S/C27H39FO3/c1-4-7-8-9-10-11-12-13-26(31-27(29-5-2)30-6-3)24-16-14-22(15-17-24)23-18-20-25(28)21-19-23/h14-21,26-27H,4-13H2,1-3H3. The molecule has 172 valence electrons. The van der Waals surface area contributed by atoms with Crippen LogP contribution in [-0.4, -0.2) is 19.7 Å². The first kappa shape index (κ1) is 25.5. The van der Waals surface area contributed by atoms with E-state index in [0.717, 1.165) is 29.5 Å². The summed E-state index contributed by atoms with van der Waals surface area (Å²) in [7, 11) is 0. The summed E-state index contributed by atoms with van der Waals surface area (Å²) in [6.07, 6.45) is 9.70. The number of unbranched alkanes of at least 4 members (excludes halogenated alkanes) is 6. The summed E-state index contributed by atoms with van der Waals surface area (Å²) in [6.45, 7) is 6.56. The van der Waals surface area contributed by atoms with E-state index in [2.05, 4.69) is 31.2 Å². The molecule has 0 spiro atoms. The number of ether oxygens (including phenoxy) is 3. The van der Waals surface area contributed by atoms with E-state index in [-0.39, 0.29) is 11.9 Å². The first-order valence-corrected chi connectivity index (χ1v) is 11.9. The van der Waals surface area contributed by atoms with Gasteiger partial charge in [0.2, 0.25) is 0 Å². The molecular formula is C27H39FO3. The van der Waals surface area contributed by atoms with Crippen LogP contribution in [0.25, 0.3) is 11.1 Å². The third-order valence-corrected chi connectivity index (χ3v) is 5.41. The van der Waals surface area contributed by atoms with Crippen molar-refractivity contribution in [1.82, 2.24) is 0 Å². The molecule has 0 aliphatic carbocycles.